The summed E-state index contributed by atoms with van der Waals surface area (Å²) in [6, 6.07) is 17.4. The van der Waals surface area contributed by atoms with Crippen LogP contribution in [0.3, 0.4) is 0 Å². The van der Waals surface area contributed by atoms with Gasteiger partial charge in [0.2, 0.25) is 6.41 Å². The van der Waals surface area contributed by atoms with E-state index in [2.05, 4.69) is 6.07 Å². The summed E-state index contributed by atoms with van der Waals surface area (Å²) in [5, 5.41) is 10.9. The Hall–Kier alpha value is -3.47. The van der Waals surface area contributed by atoms with Crippen LogP contribution in [-0.2, 0) is 10.2 Å². The number of carbonyl (C=O) groups excluding carboxylic acids is 2. The lowest BCUT2D eigenvalue weighted by atomic mass is 9.64. The number of benzene rings is 3. The highest BCUT2D eigenvalue weighted by molar-refractivity contribution is 6.31. The van der Waals surface area contributed by atoms with Gasteiger partial charge in [0.05, 0.1) is 22.8 Å². The number of likely N-dealkylation sites (tertiary alicyclic amines) is 1. The second-order valence-corrected chi connectivity index (χ2v) is 11.7. The molecule has 3 amide bonds. The summed E-state index contributed by atoms with van der Waals surface area (Å²) < 4.78 is 31.3. The number of nitriles is 1. The molecule has 0 aromatic heterocycles. The molecule has 0 N–H and O–H groups in total. The summed E-state index contributed by atoms with van der Waals surface area (Å²) in [6.07, 6.45) is 0.643. The third-order valence-electron chi connectivity index (χ3n) is 7.15. The van der Waals surface area contributed by atoms with Crippen molar-refractivity contribution in [2.45, 2.75) is 44.6 Å². The highest BCUT2D eigenvalue weighted by atomic mass is 35.5. The SMILES string of the molecule is CC(C)(C)C[C@@H]1N(C(=O)N(C=O)c2ccccc2)C[C@H](c2cccc(Cl)c2F)[C@@]1(C#N)c1ccc(Cl)cc1F. The Bertz CT molecular complexity index is 1440. The van der Waals surface area contributed by atoms with Crippen LogP contribution in [0.1, 0.15) is 44.2 Å². The molecule has 1 aliphatic heterocycles. The average Bonchev–Trinajstić information content (AvgIpc) is 3.19. The van der Waals surface area contributed by atoms with E-state index < -0.39 is 40.5 Å². The van der Waals surface area contributed by atoms with Crippen LogP contribution in [-0.4, -0.2) is 29.9 Å². The maximum Gasteiger partial charge on any atom is 0.331 e. The summed E-state index contributed by atoms with van der Waals surface area (Å²) in [5.41, 5.74) is -1.81. The molecule has 4 rings (SSSR count). The van der Waals surface area contributed by atoms with E-state index in [1.54, 1.807) is 36.4 Å². The third-order valence-corrected chi connectivity index (χ3v) is 7.67. The predicted octanol–water partition coefficient (Wildman–Crippen LogP) is 7.72. The highest BCUT2D eigenvalue weighted by Gasteiger charge is 2.60. The lowest BCUT2D eigenvalue weighted by Crippen LogP contribution is -2.51. The molecule has 1 fully saturated rings. The fourth-order valence-corrected chi connectivity index (χ4v) is 5.83. The lowest BCUT2D eigenvalue weighted by molar-refractivity contribution is -0.107. The molecule has 0 bridgehead atoms. The topological polar surface area (TPSA) is 64.4 Å². The van der Waals surface area contributed by atoms with Crippen molar-refractivity contribution in [1.29, 1.82) is 5.26 Å². The number of anilines is 1. The van der Waals surface area contributed by atoms with E-state index in [4.69, 9.17) is 23.2 Å². The number of carbonyl (C=O) groups is 2. The van der Waals surface area contributed by atoms with E-state index in [9.17, 15) is 14.9 Å². The molecule has 3 atom stereocenters. The number of halogens is 4. The largest absolute Gasteiger partial charge is 0.331 e. The Morgan fingerprint density at radius 2 is 1.82 bits per heavy atom. The number of urea groups is 1. The molecular weight excluding hydrogens is 543 g/mol. The van der Waals surface area contributed by atoms with Crippen molar-refractivity contribution in [3.05, 3.63) is 99.5 Å². The van der Waals surface area contributed by atoms with E-state index in [1.807, 2.05) is 20.8 Å². The average molecular weight is 570 g/mol. The number of imide groups is 1. The molecule has 0 spiro atoms. The van der Waals surface area contributed by atoms with E-state index in [0.717, 1.165) is 11.0 Å². The standard InChI is InChI=1S/C30H27Cl2F2N3O2/c1-29(2,3)15-26-30(17-35,22-13-12-19(31)14-25(22)33)23(21-10-7-11-24(32)27(21)34)16-36(26)28(39)37(18-38)20-8-5-4-6-9-20/h4-14,18,23,26H,15-16H2,1-3H3/t23-,26+,30-/m1/s1. The Balaban J connectivity index is 2.00. The summed E-state index contributed by atoms with van der Waals surface area (Å²) in [7, 11) is 0. The van der Waals surface area contributed by atoms with E-state index >= 15 is 8.78 Å². The van der Waals surface area contributed by atoms with Crippen molar-refractivity contribution in [3.8, 4) is 6.07 Å². The molecule has 0 saturated carbocycles. The van der Waals surface area contributed by atoms with Crippen LogP contribution in [0.15, 0.2) is 66.7 Å². The van der Waals surface area contributed by atoms with Crippen molar-refractivity contribution in [2.75, 3.05) is 11.4 Å². The second-order valence-electron chi connectivity index (χ2n) is 10.8. The summed E-state index contributed by atoms with van der Waals surface area (Å²) in [5.74, 6) is -2.52. The van der Waals surface area contributed by atoms with Gasteiger partial charge in [0.1, 0.15) is 17.0 Å². The highest BCUT2D eigenvalue weighted by Crippen LogP contribution is 2.54. The Kier molecular flexibility index (Phi) is 8.02. The molecule has 1 saturated heterocycles. The van der Waals surface area contributed by atoms with Gasteiger partial charge in [0, 0.05) is 23.0 Å². The molecule has 0 aliphatic carbocycles. The second kappa shape index (κ2) is 11.0. The molecular formula is C30H27Cl2F2N3O2. The Morgan fingerprint density at radius 3 is 2.41 bits per heavy atom. The molecule has 3 aromatic rings. The molecule has 39 heavy (non-hydrogen) atoms. The lowest BCUT2D eigenvalue weighted by Gasteiger charge is -2.40. The van der Waals surface area contributed by atoms with Crippen molar-refractivity contribution in [1.82, 2.24) is 4.90 Å². The smallest absolute Gasteiger partial charge is 0.318 e. The predicted molar refractivity (Wildman–Crippen MR) is 148 cm³/mol. The van der Waals surface area contributed by atoms with Crippen LogP contribution in [0.25, 0.3) is 0 Å². The van der Waals surface area contributed by atoms with Gasteiger partial charge in [0.15, 0.2) is 0 Å². The minimum atomic E-state index is -1.74. The normalized spacial score (nSPS) is 20.9. The first-order chi connectivity index (χ1) is 18.4. The first-order valence-electron chi connectivity index (χ1n) is 12.4. The van der Waals surface area contributed by atoms with Gasteiger partial charge in [-0.05, 0) is 47.7 Å². The zero-order valence-electron chi connectivity index (χ0n) is 21.7. The van der Waals surface area contributed by atoms with Crippen LogP contribution >= 0.6 is 23.2 Å². The van der Waals surface area contributed by atoms with Gasteiger partial charge < -0.3 is 4.90 Å². The van der Waals surface area contributed by atoms with Crippen LogP contribution in [0, 0.1) is 28.4 Å². The molecule has 202 valence electrons. The van der Waals surface area contributed by atoms with Gasteiger partial charge in [-0.25, -0.2) is 18.5 Å². The summed E-state index contributed by atoms with van der Waals surface area (Å²) >= 11 is 12.2. The van der Waals surface area contributed by atoms with Crippen LogP contribution in [0.2, 0.25) is 10.0 Å². The van der Waals surface area contributed by atoms with Crippen LogP contribution < -0.4 is 4.90 Å². The molecule has 3 aromatic carbocycles. The Labute approximate surface area is 236 Å². The number of hydrogen-bond acceptors (Lipinski definition) is 3. The van der Waals surface area contributed by atoms with Crippen molar-refractivity contribution >= 4 is 41.3 Å². The molecule has 0 radical (unpaired) electrons. The quantitative estimate of drug-likeness (QED) is 0.295. The molecule has 9 heteroatoms. The first-order valence-corrected chi connectivity index (χ1v) is 13.1. The van der Waals surface area contributed by atoms with Gasteiger partial charge in [-0.2, -0.15) is 5.26 Å². The Morgan fingerprint density at radius 1 is 1.13 bits per heavy atom. The number of amides is 3. The summed E-state index contributed by atoms with van der Waals surface area (Å²) in [6.45, 7) is 5.62. The fraction of sp³-hybridized carbons (Fsp3) is 0.300. The van der Waals surface area contributed by atoms with Gasteiger partial charge >= 0.3 is 6.03 Å². The molecule has 1 aliphatic rings. The van der Waals surface area contributed by atoms with Gasteiger partial charge in [-0.1, -0.05) is 80.4 Å². The first kappa shape index (κ1) is 28.5. The fourth-order valence-electron chi connectivity index (χ4n) is 5.49. The maximum absolute atomic E-state index is 15.7. The zero-order chi connectivity index (χ0) is 28.5. The molecule has 1 heterocycles. The minimum Gasteiger partial charge on any atom is -0.318 e. The zero-order valence-corrected chi connectivity index (χ0v) is 23.2. The third kappa shape index (κ3) is 5.24. The number of hydrogen-bond donors (Lipinski definition) is 0. The summed E-state index contributed by atoms with van der Waals surface area (Å²) in [4.78, 5) is 28.6. The minimum absolute atomic E-state index is 0.0133. The van der Waals surface area contributed by atoms with Crippen molar-refractivity contribution in [3.63, 3.8) is 0 Å². The van der Waals surface area contributed by atoms with E-state index in [-0.39, 0.29) is 34.1 Å². The van der Waals surface area contributed by atoms with E-state index in [0.29, 0.717) is 12.1 Å². The van der Waals surface area contributed by atoms with Gasteiger partial charge in [-0.3, -0.25) is 4.79 Å². The monoisotopic (exact) mass is 569 g/mol. The number of rotatable bonds is 5. The molecule has 0 unspecified atom stereocenters. The molecule has 5 nitrogen and oxygen atoms in total. The van der Waals surface area contributed by atoms with Crippen LogP contribution in [0.4, 0.5) is 19.3 Å². The van der Waals surface area contributed by atoms with Gasteiger partial charge in [-0.15, -0.1) is 0 Å². The van der Waals surface area contributed by atoms with Crippen LogP contribution in [0.5, 0.6) is 0 Å². The number of para-hydroxylation sites is 1. The van der Waals surface area contributed by atoms with Gasteiger partial charge in [0.25, 0.3) is 0 Å². The van der Waals surface area contributed by atoms with Crippen molar-refractivity contribution in [2.24, 2.45) is 5.41 Å². The van der Waals surface area contributed by atoms with E-state index in [1.165, 1.54) is 29.2 Å². The van der Waals surface area contributed by atoms with Crippen molar-refractivity contribution < 1.29 is 18.4 Å². The maximum atomic E-state index is 15.7. The number of nitrogens with zero attached hydrogens (tertiary/aromatic N) is 3.